The van der Waals surface area contributed by atoms with Crippen LogP contribution in [0, 0.1) is 5.92 Å². The number of rotatable bonds is 7. The normalized spacial score (nSPS) is 13.7. The number of halogens is 3. The minimum Gasteiger partial charge on any atom is -0.484 e. The first-order valence-electron chi connectivity index (χ1n) is 8.13. The molecule has 1 amide bonds. The lowest BCUT2D eigenvalue weighted by Crippen LogP contribution is -2.35. The van der Waals surface area contributed by atoms with Gasteiger partial charge < -0.3 is 15.8 Å². The van der Waals surface area contributed by atoms with Crippen LogP contribution >= 0.6 is 0 Å². The molecule has 0 saturated carbocycles. The van der Waals surface area contributed by atoms with Gasteiger partial charge in [-0.1, -0.05) is 49.4 Å². The molecule has 2 atom stereocenters. The quantitative estimate of drug-likeness (QED) is 0.787. The van der Waals surface area contributed by atoms with Gasteiger partial charge in [-0.25, -0.2) is 0 Å². The second-order valence-electron chi connectivity index (χ2n) is 5.99. The van der Waals surface area contributed by atoms with Gasteiger partial charge in [0.2, 0.25) is 5.91 Å². The van der Waals surface area contributed by atoms with E-state index >= 15 is 0 Å². The number of hydrogen-bond acceptors (Lipinski definition) is 3. The Kier molecular flexibility index (Phi) is 6.63. The molecule has 2 aromatic rings. The molecule has 2 unspecified atom stereocenters. The van der Waals surface area contributed by atoms with Gasteiger partial charge in [0.15, 0.2) is 6.61 Å². The van der Waals surface area contributed by atoms with E-state index in [1.54, 1.807) is 19.1 Å². The highest BCUT2D eigenvalue weighted by Gasteiger charge is 2.28. The number of carbonyl (C=O) groups excluding carboxylic acids is 1. The van der Waals surface area contributed by atoms with Crippen molar-refractivity contribution < 1.29 is 22.7 Å². The highest BCUT2D eigenvalue weighted by molar-refractivity contribution is 5.79. The fourth-order valence-electron chi connectivity index (χ4n) is 2.39. The summed E-state index contributed by atoms with van der Waals surface area (Å²) in [7, 11) is 0. The molecule has 0 bridgehead atoms. The van der Waals surface area contributed by atoms with E-state index in [0.717, 1.165) is 5.56 Å². The van der Waals surface area contributed by atoms with Crippen LogP contribution in [-0.2, 0) is 11.3 Å². The SMILES string of the molecule is CC(C(=O)NCc1cccc(OCC(F)(F)F)c1)C(N)c1ccccc1. The molecule has 0 aromatic heterocycles. The minimum atomic E-state index is -4.40. The molecule has 7 heteroatoms. The zero-order chi connectivity index (χ0) is 19.2. The van der Waals surface area contributed by atoms with Crippen LogP contribution in [0.4, 0.5) is 13.2 Å². The van der Waals surface area contributed by atoms with E-state index in [1.807, 2.05) is 30.3 Å². The van der Waals surface area contributed by atoms with Crippen molar-refractivity contribution in [2.45, 2.75) is 25.7 Å². The molecule has 0 heterocycles. The van der Waals surface area contributed by atoms with Gasteiger partial charge >= 0.3 is 6.18 Å². The lowest BCUT2D eigenvalue weighted by molar-refractivity contribution is -0.153. The molecule has 2 rings (SSSR count). The molecule has 3 N–H and O–H groups in total. The van der Waals surface area contributed by atoms with Gasteiger partial charge in [0, 0.05) is 12.6 Å². The number of amides is 1. The van der Waals surface area contributed by atoms with Gasteiger partial charge in [0.25, 0.3) is 0 Å². The van der Waals surface area contributed by atoms with Crippen LogP contribution in [0.15, 0.2) is 54.6 Å². The largest absolute Gasteiger partial charge is 0.484 e. The van der Waals surface area contributed by atoms with Gasteiger partial charge in [-0.05, 0) is 23.3 Å². The molecule has 26 heavy (non-hydrogen) atoms. The van der Waals surface area contributed by atoms with Crippen molar-refractivity contribution in [3.05, 3.63) is 65.7 Å². The summed E-state index contributed by atoms with van der Waals surface area (Å²) in [5, 5.41) is 2.75. The Labute approximate surface area is 150 Å². The van der Waals surface area contributed by atoms with Crippen molar-refractivity contribution in [3.8, 4) is 5.75 Å². The molecule has 0 fully saturated rings. The second-order valence-corrected chi connectivity index (χ2v) is 5.99. The molecular weight excluding hydrogens is 345 g/mol. The Bertz CT molecular complexity index is 720. The topological polar surface area (TPSA) is 64.3 Å². The highest BCUT2D eigenvalue weighted by atomic mass is 19.4. The van der Waals surface area contributed by atoms with E-state index < -0.39 is 24.7 Å². The number of ether oxygens (including phenoxy) is 1. The first kappa shape index (κ1) is 19.8. The van der Waals surface area contributed by atoms with Crippen LogP contribution in [0.3, 0.4) is 0 Å². The van der Waals surface area contributed by atoms with Crippen LogP contribution in [0.1, 0.15) is 24.1 Å². The third-order valence-corrected chi connectivity index (χ3v) is 3.90. The zero-order valence-corrected chi connectivity index (χ0v) is 14.3. The van der Waals surface area contributed by atoms with Crippen LogP contribution in [0.25, 0.3) is 0 Å². The van der Waals surface area contributed by atoms with Gasteiger partial charge in [0.05, 0.1) is 5.92 Å². The van der Waals surface area contributed by atoms with Gasteiger partial charge in [-0.3, -0.25) is 4.79 Å². The average Bonchev–Trinajstić information content (AvgIpc) is 2.63. The maximum Gasteiger partial charge on any atom is 0.422 e. The summed E-state index contributed by atoms with van der Waals surface area (Å²) < 4.78 is 41.3. The number of benzene rings is 2. The van der Waals surface area contributed by atoms with Crippen molar-refractivity contribution in [2.24, 2.45) is 11.7 Å². The number of nitrogens with two attached hydrogens (primary N) is 1. The van der Waals surface area contributed by atoms with Crippen LogP contribution in [0.5, 0.6) is 5.75 Å². The minimum absolute atomic E-state index is 0.100. The van der Waals surface area contributed by atoms with Crippen molar-refractivity contribution in [2.75, 3.05) is 6.61 Å². The Balaban J connectivity index is 1.90. The third-order valence-electron chi connectivity index (χ3n) is 3.90. The monoisotopic (exact) mass is 366 g/mol. The molecule has 4 nitrogen and oxygen atoms in total. The lowest BCUT2D eigenvalue weighted by atomic mass is 9.94. The average molecular weight is 366 g/mol. The first-order valence-corrected chi connectivity index (χ1v) is 8.13. The fraction of sp³-hybridized carbons (Fsp3) is 0.316. The van der Waals surface area contributed by atoms with Crippen molar-refractivity contribution in [1.29, 1.82) is 0 Å². The molecule has 2 aromatic carbocycles. The van der Waals surface area contributed by atoms with E-state index in [0.29, 0.717) is 5.56 Å². The molecule has 140 valence electrons. The molecule has 0 aliphatic carbocycles. The van der Waals surface area contributed by atoms with E-state index in [2.05, 4.69) is 5.32 Å². The Morgan fingerprint density at radius 3 is 2.50 bits per heavy atom. The molecule has 0 saturated heterocycles. The Morgan fingerprint density at radius 2 is 1.85 bits per heavy atom. The molecule has 0 radical (unpaired) electrons. The maximum absolute atomic E-state index is 12.3. The summed E-state index contributed by atoms with van der Waals surface area (Å²) in [5.74, 6) is -0.590. The standard InChI is InChI=1S/C19H21F3N2O2/c1-13(17(23)15-7-3-2-4-8-15)18(25)24-11-14-6-5-9-16(10-14)26-12-19(20,21)22/h2-10,13,17H,11-12,23H2,1H3,(H,24,25). The molecule has 0 aliphatic rings. The number of hydrogen-bond donors (Lipinski definition) is 2. The zero-order valence-electron chi connectivity index (χ0n) is 14.3. The van der Waals surface area contributed by atoms with Crippen LogP contribution in [-0.4, -0.2) is 18.7 Å². The Morgan fingerprint density at radius 1 is 1.15 bits per heavy atom. The summed E-state index contributed by atoms with van der Waals surface area (Å²) in [6.07, 6.45) is -4.40. The van der Waals surface area contributed by atoms with E-state index in [4.69, 9.17) is 10.5 Å². The van der Waals surface area contributed by atoms with E-state index in [9.17, 15) is 18.0 Å². The predicted molar refractivity (Wildman–Crippen MR) is 92.4 cm³/mol. The van der Waals surface area contributed by atoms with Gasteiger partial charge in [-0.15, -0.1) is 0 Å². The first-order chi connectivity index (χ1) is 12.3. The van der Waals surface area contributed by atoms with E-state index in [-0.39, 0.29) is 18.2 Å². The van der Waals surface area contributed by atoms with Crippen molar-refractivity contribution in [3.63, 3.8) is 0 Å². The van der Waals surface area contributed by atoms with Crippen LogP contribution < -0.4 is 15.8 Å². The lowest BCUT2D eigenvalue weighted by Gasteiger charge is -2.20. The summed E-state index contributed by atoms with van der Waals surface area (Å²) in [4.78, 5) is 12.3. The molecular formula is C19H21F3N2O2. The number of carbonyl (C=O) groups is 1. The van der Waals surface area contributed by atoms with Crippen molar-refractivity contribution >= 4 is 5.91 Å². The molecule has 0 aliphatic heterocycles. The van der Waals surface area contributed by atoms with Gasteiger partial charge in [-0.2, -0.15) is 13.2 Å². The summed E-state index contributed by atoms with van der Waals surface area (Å²) in [6.45, 7) is 0.551. The Hall–Kier alpha value is -2.54. The third kappa shape index (κ3) is 6.07. The number of nitrogens with one attached hydrogen (secondary N) is 1. The highest BCUT2D eigenvalue weighted by Crippen LogP contribution is 2.21. The second kappa shape index (κ2) is 8.71. The molecule has 0 spiro atoms. The summed E-state index contributed by atoms with van der Waals surface area (Å²) in [6, 6.07) is 15.0. The van der Waals surface area contributed by atoms with Crippen molar-refractivity contribution in [1.82, 2.24) is 5.32 Å². The maximum atomic E-state index is 12.3. The summed E-state index contributed by atoms with van der Waals surface area (Å²) in [5.41, 5.74) is 7.62. The van der Waals surface area contributed by atoms with Crippen LogP contribution in [0.2, 0.25) is 0 Å². The fourth-order valence-corrected chi connectivity index (χ4v) is 2.39. The van der Waals surface area contributed by atoms with Gasteiger partial charge in [0.1, 0.15) is 5.75 Å². The van der Waals surface area contributed by atoms with E-state index in [1.165, 1.54) is 12.1 Å². The smallest absolute Gasteiger partial charge is 0.422 e. The predicted octanol–water partition coefficient (Wildman–Crippen LogP) is 3.58. The summed E-state index contributed by atoms with van der Waals surface area (Å²) >= 11 is 0. The number of alkyl halides is 3.